The molecule has 0 fully saturated rings. The lowest BCUT2D eigenvalue weighted by molar-refractivity contribution is 0.0792. The first-order valence-corrected chi connectivity index (χ1v) is 7.11. The molecule has 0 aliphatic carbocycles. The van der Waals surface area contributed by atoms with Crippen LogP contribution in [0.15, 0.2) is 29.6 Å². The van der Waals surface area contributed by atoms with E-state index in [1.165, 1.54) is 23.5 Å². The number of likely N-dealkylation sites (N-methyl/N-ethyl adjacent to an activating group) is 2. The number of carbonyl (C=O) groups excluding carboxylic acids is 1. The van der Waals surface area contributed by atoms with Crippen LogP contribution in [-0.2, 0) is 0 Å². The Bertz CT molecular complexity index is 592. The van der Waals surface area contributed by atoms with Crippen molar-refractivity contribution >= 4 is 42.1 Å². The van der Waals surface area contributed by atoms with Gasteiger partial charge in [-0.15, -0.1) is 36.2 Å². The maximum atomic E-state index is 12.9. The molecule has 0 saturated heterocycles. The van der Waals surface area contributed by atoms with E-state index in [4.69, 9.17) is 0 Å². The number of nitrogens with one attached hydrogen (secondary N) is 1. The zero-order valence-electron chi connectivity index (χ0n) is 12.2. The van der Waals surface area contributed by atoms with Crippen LogP contribution in [-0.4, -0.2) is 43.0 Å². The summed E-state index contributed by atoms with van der Waals surface area (Å²) in [5.74, 6) is -0.390. The van der Waals surface area contributed by atoms with E-state index in [9.17, 15) is 9.18 Å². The fraction of sp³-hybridized carbons (Fsp3) is 0.286. The maximum absolute atomic E-state index is 12.9. The van der Waals surface area contributed by atoms with E-state index in [-0.39, 0.29) is 36.5 Å². The number of hydrogen-bond acceptors (Lipinski definition) is 4. The third-order valence-corrected chi connectivity index (χ3v) is 3.75. The molecule has 0 aliphatic rings. The van der Waals surface area contributed by atoms with Gasteiger partial charge < -0.3 is 10.2 Å². The molecular weight excluding hydrogens is 348 g/mol. The van der Waals surface area contributed by atoms with E-state index in [1.807, 2.05) is 7.05 Å². The highest BCUT2D eigenvalue weighted by Gasteiger charge is 2.15. The predicted molar refractivity (Wildman–Crippen MR) is 92.9 cm³/mol. The Morgan fingerprint density at radius 3 is 2.55 bits per heavy atom. The minimum absolute atomic E-state index is 0. The second-order valence-electron chi connectivity index (χ2n) is 4.38. The first-order valence-electron chi connectivity index (χ1n) is 6.23. The van der Waals surface area contributed by atoms with Crippen molar-refractivity contribution in [2.45, 2.75) is 0 Å². The monoisotopic (exact) mass is 365 g/mol. The van der Waals surface area contributed by atoms with Gasteiger partial charge in [0.05, 0.1) is 0 Å². The number of aromatic nitrogens is 1. The average Bonchev–Trinajstić information content (AvgIpc) is 2.94. The van der Waals surface area contributed by atoms with Gasteiger partial charge in [0.25, 0.3) is 5.91 Å². The van der Waals surface area contributed by atoms with Crippen LogP contribution in [0.4, 0.5) is 4.39 Å². The van der Waals surface area contributed by atoms with Gasteiger partial charge in [0.2, 0.25) is 0 Å². The summed E-state index contributed by atoms with van der Waals surface area (Å²) in [5.41, 5.74) is 1.24. The predicted octanol–water partition coefficient (Wildman–Crippen LogP) is 3.08. The Morgan fingerprint density at radius 1 is 1.32 bits per heavy atom. The van der Waals surface area contributed by atoms with E-state index in [1.54, 1.807) is 29.5 Å². The fourth-order valence-electron chi connectivity index (χ4n) is 1.67. The van der Waals surface area contributed by atoms with E-state index < -0.39 is 0 Å². The summed E-state index contributed by atoms with van der Waals surface area (Å²) < 4.78 is 12.9. The number of rotatable bonds is 5. The molecule has 4 nitrogen and oxygen atoms in total. The molecule has 0 radical (unpaired) electrons. The number of halogens is 3. The van der Waals surface area contributed by atoms with E-state index in [2.05, 4.69) is 10.3 Å². The van der Waals surface area contributed by atoms with Crippen LogP contribution >= 0.6 is 36.2 Å². The molecule has 1 amide bonds. The van der Waals surface area contributed by atoms with Gasteiger partial charge in [0.1, 0.15) is 16.5 Å². The van der Waals surface area contributed by atoms with Gasteiger partial charge >= 0.3 is 0 Å². The van der Waals surface area contributed by atoms with E-state index in [0.717, 1.165) is 17.1 Å². The Balaban J connectivity index is 0.00000220. The summed E-state index contributed by atoms with van der Waals surface area (Å²) in [6.07, 6.45) is 0. The topological polar surface area (TPSA) is 45.2 Å². The lowest BCUT2D eigenvalue weighted by Gasteiger charge is -2.15. The van der Waals surface area contributed by atoms with Gasteiger partial charge in [-0.3, -0.25) is 4.79 Å². The molecule has 0 atom stereocenters. The number of carbonyl (C=O) groups is 1. The summed E-state index contributed by atoms with van der Waals surface area (Å²) in [7, 11) is 3.59. The van der Waals surface area contributed by atoms with Crippen molar-refractivity contribution in [2.75, 3.05) is 27.2 Å². The zero-order chi connectivity index (χ0) is 14.5. The molecular formula is C14H18Cl2FN3OS. The summed E-state index contributed by atoms with van der Waals surface area (Å²) in [6, 6.07) is 6.09. The molecule has 2 aromatic rings. The Morgan fingerprint density at radius 2 is 1.95 bits per heavy atom. The molecule has 1 N–H and O–H groups in total. The van der Waals surface area contributed by atoms with Gasteiger partial charge in [-0.2, -0.15) is 0 Å². The molecule has 1 aromatic heterocycles. The quantitative estimate of drug-likeness (QED) is 0.885. The normalized spacial score (nSPS) is 9.59. The Hall–Kier alpha value is -1.21. The average molecular weight is 366 g/mol. The van der Waals surface area contributed by atoms with Crippen molar-refractivity contribution in [2.24, 2.45) is 0 Å². The summed E-state index contributed by atoms with van der Waals surface area (Å²) in [6.45, 7) is 1.36. The number of benzene rings is 1. The molecule has 22 heavy (non-hydrogen) atoms. The molecule has 0 aliphatic heterocycles. The van der Waals surface area contributed by atoms with Crippen molar-refractivity contribution in [1.29, 1.82) is 0 Å². The van der Waals surface area contributed by atoms with Gasteiger partial charge in [0, 0.05) is 31.1 Å². The highest BCUT2D eigenvalue weighted by molar-refractivity contribution is 7.13. The summed E-state index contributed by atoms with van der Waals surface area (Å²) >= 11 is 1.38. The van der Waals surface area contributed by atoms with Crippen LogP contribution in [0.2, 0.25) is 0 Å². The molecule has 1 heterocycles. The number of nitrogens with zero attached hydrogens (tertiary/aromatic N) is 2. The van der Waals surface area contributed by atoms with Crippen molar-refractivity contribution in [3.63, 3.8) is 0 Å². The zero-order valence-corrected chi connectivity index (χ0v) is 14.7. The van der Waals surface area contributed by atoms with Gasteiger partial charge in [-0.25, -0.2) is 9.37 Å². The SMILES string of the molecule is CNCCN(C)C(=O)c1csc(-c2ccc(F)cc2)n1.Cl.Cl. The molecule has 2 rings (SSSR count). The second-order valence-corrected chi connectivity index (χ2v) is 5.23. The first-order chi connectivity index (χ1) is 9.61. The highest BCUT2D eigenvalue weighted by atomic mass is 35.5. The summed E-state index contributed by atoms with van der Waals surface area (Å²) in [4.78, 5) is 18.1. The Kier molecular flexibility index (Phi) is 9.20. The van der Waals surface area contributed by atoms with Crippen molar-refractivity contribution in [1.82, 2.24) is 15.2 Å². The first kappa shape index (κ1) is 20.8. The fourth-order valence-corrected chi connectivity index (χ4v) is 2.47. The van der Waals surface area contributed by atoms with Crippen LogP contribution in [0, 0.1) is 5.82 Å². The molecule has 0 saturated carbocycles. The summed E-state index contributed by atoms with van der Waals surface area (Å²) in [5, 5.41) is 5.45. The van der Waals surface area contributed by atoms with Crippen molar-refractivity contribution < 1.29 is 9.18 Å². The third-order valence-electron chi connectivity index (χ3n) is 2.86. The van der Waals surface area contributed by atoms with Crippen LogP contribution in [0.5, 0.6) is 0 Å². The lowest BCUT2D eigenvalue weighted by atomic mass is 10.2. The standard InChI is InChI=1S/C14H16FN3OS.2ClH/c1-16-7-8-18(2)14(19)12-9-20-13(17-12)10-3-5-11(15)6-4-10;;/h3-6,9,16H,7-8H2,1-2H3;2*1H. The minimum Gasteiger partial charge on any atom is -0.339 e. The van der Waals surface area contributed by atoms with Gasteiger partial charge in [-0.05, 0) is 31.3 Å². The molecule has 0 bridgehead atoms. The number of thiazole rings is 1. The minimum atomic E-state index is -0.284. The van der Waals surface area contributed by atoms with Crippen LogP contribution < -0.4 is 5.32 Å². The molecule has 8 heteroatoms. The number of amides is 1. The van der Waals surface area contributed by atoms with Crippen molar-refractivity contribution in [3.05, 3.63) is 41.2 Å². The molecule has 0 unspecified atom stereocenters. The largest absolute Gasteiger partial charge is 0.339 e. The third kappa shape index (κ3) is 5.21. The van der Waals surface area contributed by atoms with Crippen LogP contribution in [0.1, 0.15) is 10.5 Å². The van der Waals surface area contributed by atoms with Gasteiger partial charge in [-0.1, -0.05) is 0 Å². The van der Waals surface area contributed by atoms with E-state index >= 15 is 0 Å². The van der Waals surface area contributed by atoms with Crippen molar-refractivity contribution in [3.8, 4) is 10.6 Å². The van der Waals surface area contributed by atoms with Gasteiger partial charge in [0.15, 0.2) is 0 Å². The molecule has 122 valence electrons. The number of hydrogen-bond donors (Lipinski definition) is 1. The van der Waals surface area contributed by atoms with E-state index in [0.29, 0.717) is 12.2 Å². The van der Waals surface area contributed by atoms with Crippen LogP contribution in [0.3, 0.4) is 0 Å². The smallest absolute Gasteiger partial charge is 0.273 e. The molecule has 0 spiro atoms. The maximum Gasteiger partial charge on any atom is 0.273 e. The van der Waals surface area contributed by atoms with Crippen LogP contribution in [0.25, 0.3) is 10.6 Å². The molecule has 1 aromatic carbocycles. The highest BCUT2D eigenvalue weighted by Crippen LogP contribution is 2.24. The Labute approximate surface area is 145 Å². The lowest BCUT2D eigenvalue weighted by Crippen LogP contribution is -2.32. The second kappa shape index (κ2) is 9.74.